The Morgan fingerprint density at radius 2 is 1.89 bits per heavy atom. The van der Waals surface area contributed by atoms with Gasteiger partial charge in [-0.1, -0.05) is 25.0 Å². The molecule has 1 saturated heterocycles. The van der Waals surface area contributed by atoms with Crippen LogP contribution in [-0.4, -0.2) is 28.9 Å². The molecule has 0 aromatic heterocycles. The van der Waals surface area contributed by atoms with Crippen LogP contribution < -0.4 is 4.74 Å². The van der Waals surface area contributed by atoms with Crippen LogP contribution in [0.15, 0.2) is 42.2 Å². The number of rotatable bonds is 3. The highest BCUT2D eigenvalue weighted by molar-refractivity contribution is 6.15. The quantitative estimate of drug-likeness (QED) is 0.810. The van der Waals surface area contributed by atoms with E-state index in [1.807, 2.05) is 0 Å². The largest absolute Gasteiger partial charge is 0.507 e. The summed E-state index contributed by atoms with van der Waals surface area (Å²) in [6.45, 7) is 2.50. The maximum atomic E-state index is 13.4. The second-order valence-corrected chi connectivity index (χ2v) is 7.13. The Labute approximate surface area is 157 Å². The van der Waals surface area contributed by atoms with Crippen LogP contribution in [-0.2, 0) is 6.54 Å². The summed E-state index contributed by atoms with van der Waals surface area (Å²) in [7, 11) is 0. The van der Waals surface area contributed by atoms with E-state index in [0.717, 1.165) is 25.9 Å². The molecule has 4 rings (SSSR count). The number of nitrogens with zero attached hydrogens (tertiary/aromatic N) is 1. The first-order valence-corrected chi connectivity index (χ1v) is 9.39. The molecule has 2 heterocycles. The minimum atomic E-state index is -0.369. The zero-order chi connectivity index (χ0) is 18.8. The molecule has 0 saturated carbocycles. The van der Waals surface area contributed by atoms with Gasteiger partial charge in [-0.25, -0.2) is 4.39 Å². The molecule has 0 aliphatic carbocycles. The molecule has 0 unspecified atom stereocenters. The Morgan fingerprint density at radius 1 is 1.11 bits per heavy atom. The second kappa shape index (κ2) is 7.53. The molecule has 0 spiro atoms. The van der Waals surface area contributed by atoms with E-state index in [9.17, 15) is 14.3 Å². The number of hydrogen-bond donors (Lipinski definition) is 1. The van der Waals surface area contributed by atoms with Gasteiger partial charge in [0.25, 0.3) is 0 Å². The molecule has 2 aliphatic rings. The number of aromatic hydroxyl groups is 1. The topological polar surface area (TPSA) is 49.8 Å². The summed E-state index contributed by atoms with van der Waals surface area (Å²) in [5.41, 5.74) is 1.65. The highest BCUT2D eigenvalue weighted by Gasteiger charge is 2.31. The first-order chi connectivity index (χ1) is 13.1. The van der Waals surface area contributed by atoms with Crippen LogP contribution in [0.25, 0.3) is 6.08 Å². The fourth-order valence-electron chi connectivity index (χ4n) is 3.72. The predicted molar refractivity (Wildman–Crippen MR) is 101 cm³/mol. The Morgan fingerprint density at radius 3 is 2.63 bits per heavy atom. The molecule has 2 aromatic rings. The molecule has 0 bridgehead atoms. The lowest BCUT2D eigenvalue weighted by atomic mass is 10.0. The molecule has 2 aromatic carbocycles. The van der Waals surface area contributed by atoms with Gasteiger partial charge in [-0.15, -0.1) is 0 Å². The van der Waals surface area contributed by atoms with Crippen LogP contribution in [0.5, 0.6) is 11.5 Å². The summed E-state index contributed by atoms with van der Waals surface area (Å²) in [5.74, 6) is 0.0983. The SMILES string of the molecule is O=C1/C(=C/c2cccc(F)c2)Oc2c1ccc(O)c2CN1CCCCCC1. The Balaban J connectivity index is 1.64. The van der Waals surface area contributed by atoms with Crippen molar-refractivity contribution < 1.29 is 19.0 Å². The fraction of sp³-hybridized carbons (Fsp3) is 0.318. The van der Waals surface area contributed by atoms with E-state index in [2.05, 4.69) is 4.90 Å². The van der Waals surface area contributed by atoms with E-state index < -0.39 is 0 Å². The van der Waals surface area contributed by atoms with Crippen molar-refractivity contribution in [2.45, 2.75) is 32.2 Å². The molecule has 1 fully saturated rings. The molecule has 0 radical (unpaired) electrons. The minimum absolute atomic E-state index is 0.137. The summed E-state index contributed by atoms with van der Waals surface area (Å²) in [5, 5.41) is 10.4. The number of Topliss-reactive ketones (excluding diaryl/α,β-unsaturated/α-hetero) is 1. The van der Waals surface area contributed by atoms with Crippen molar-refractivity contribution in [2.24, 2.45) is 0 Å². The van der Waals surface area contributed by atoms with Crippen molar-refractivity contribution in [3.8, 4) is 11.5 Å². The molecule has 0 atom stereocenters. The van der Waals surface area contributed by atoms with Crippen LogP contribution in [0.1, 0.15) is 47.2 Å². The number of phenolic OH excluding ortho intramolecular Hbond substituents is 1. The molecule has 27 heavy (non-hydrogen) atoms. The molecule has 4 nitrogen and oxygen atoms in total. The van der Waals surface area contributed by atoms with Crippen molar-refractivity contribution in [1.82, 2.24) is 4.90 Å². The van der Waals surface area contributed by atoms with Crippen molar-refractivity contribution in [2.75, 3.05) is 13.1 Å². The van der Waals surface area contributed by atoms with E-state index in [-0.39, 0.29) is 23.1 Å². The number of phenols is 1. The summed E-state index contributed by atoms with van der Waals surface area (Å²) in [6, 6.07) is 9.15. The fourth-order valence-corrected chi connectivity index (χ4v) is 3.72. The van der Waals surface area contributed by atoms with Crippen LogP contribution in [0.4, 0.5) is 4.39 Å². The summed E-state index contributed by atoms with van der Waals surface area (Å²) >= 11 is 0. The number of hydrogen-bond acceptors (Lipinski definition) is 4. The van der Waals surface area contributed by atoms with E-state index in [0.29, 0.717) is 29.0 Å². The number of allylic oxidation sites excluding steroid dienone is 1. The molecule has 2 aliphatic heterocycles. The number of ketones is 1. The summed E-state index contributed by atoms with van der Waals surface area (Å²) in [4.78, 5) is 15.0. The van der Waals surface area contributed by atoms with Gasteiger partial charge in [-0.2, -0.15) is 0 Å². The van der Waals surface area contributed by atoms with E-state index >= 15 is 0 Å². The van der Waals surface area contributed by atoms with Gasteiger partial charge in [0.1, 0.15) is 17.3 Å². The van der Waals surface area contributed by atoms with Crippen molar-refractivity contribution in [3.63, 3.8) is 0 Å². The van der Waals surface area contributed by atoms with Gasteiger partial charge in [0.05, 0.1) is 11.1 Å². The molecule has 0 amide bonds. The molecular formula is C22H22FNO3. The monoisotopic (exact) mass is 367 g/mol. The Hall–Kier alpha value is -2.66. The van der Waals surface area contributed by atoms with Crippen LogP contribution in [0.3, 0.4) is 0 Å². The van der Waals surface area contributed by atoms with E-state index in [1.165, 1.54) is 31.1 Å². The third-order valence-corrected chi connectivity index (χ3v) is 5.14. The number of fused-ring (bicyclic) bond motifs is 1. The molecular weight excluding hydrogens is 345 g/mol. The molecule has 1 N–H and O–H groups in total. The number of carbonyl (C=O) groups excluding carboxylic acids is 1. The Bertz CT molecular complexity index is 898. The highest BCUT2D eigenvalue weighted by Crippen LogP contribution is 2.40. The number of benzene rings is 2. The third-order valence-electron chi connectivity index (χ3n) is 5.14. The number of likely N-dealkylation sites (tertiary alicyclic amines) is 1. The van der Waals surface area contributed by atoms with Gasteiger partial charge in [0.15, 0.2) is 5.76 Å². The summed E-state index contributed by atoms with van der Waals surface area (Å²) in [6.07, 6.45) is 6.27. The summed E-state index contributed by atoms with van der Waals surface area (Å²) < 4.78 is 19.3. The minimum Gasteiger partial charge on any atom is -0.507 e. The Kier molecular flexibility index (Phi) is 4.94. The average molecular weight is 367 g/mol. The van der Waals surface area contributed by atoms with Gasteiger partial charge in [-0.05, 0) is 61.8 Å². The van der Waals surface area contributed by atoms with Crippen LogP contribution >= 0.6 is 0 Å². The second-order valence-electron chi connectivity index (χ2n) is 7.13. The lowest BCUT2D eigenvalue weighted by molar-refractivity contribution is 0.101. The first kappa shape index (κ1) is 17.7. The van der Waals surface area contributed by atoms with Crippen LogP contribution in [0, 0.1) is 5.82 Å². The zero-order valence-corrected chi connectivity index (χ0v) is 15.1. The zero-order valence-electron chi connectivity index (χ0n) is 15.1. The van der Waals surface area contributed by atoms with Gasteiger partial charge >= 0.3 is 0 Å². The van der Waals surface area contributed by atoms with Crippen molar-refractivity contribution >= 4 is 11.9 Å². The van der Waals surface area contributed by atoms with Gasteiger partial charge in [-0.3, -0.25) is 9.69 Å². The van der Waals surface area contributed by atoms with Gasteiger partial charge in [0, 0.05) is 6.54 Å². The standard InChI is InChI=1S/C22H22FNO3/c23-16-7-5-6-15(12-16)13-20-21(26)17-8-9-19(25)18(22(17)27-20)14-24-10-3-1-2-4-11-24/h5-9,12-13,25H,1-4,10-11,14H2/b20-13-. The third kappa shape index (κ3) is 3.74. The normalized spacial score (nSPS) is 19.0. The lowest BCUT2D eigenvalue weighted by Crippen LogP contribution is -2.24. The predicted octanol–water partition coefficient (Wildman–Crippen LogP) is 4.52. The number of halogens is 1. The number of ether oxygens (including phenoxy) is 1. The number of carbonyl (C=O) groups is 1. The maximum Gasteiger partial charge on any atom is 0.231 e. The van der Waals surface area contributed by atoms with Crippen LogP contribution in [0.2, 0.25) is 0 Å². The molecule has 140 valence electrons. The van der Waals surface area contributed by atoms with Crippen molar-refractivity contribution in [3.05, 3.63) is 64.7 Å². The first-order valence-electron chi connectivity index (χ1n) is 9.39. The van der Waals surface area contributed by atoms with E-state index in [1.54, 1.807) is 24.3 Å². The van der Waals surface area contributed by atoms with Gasteiger partial charge in [0.2, 0.25) is 5.78 Å². The smallest absolute Gasteiger partial charge is 0.231 e. The maximum absolute atomic E-state index is 13.4. The lowest BCUT2D eigenvalue weighted by Gasteiger charge is -2.21. The van der Waals surface area contributed by atoms with E-state index in [4.69, 9.17) is 4.74 Å². The van der Waals surface area contributed by atoms with Crippen molar-refractivity contribution in [1.29, 1.82) is 0 Å². The highest BCUT2D eigenvalue weighted by atomic mass is 19.1. The average Bonchev–Trinajstić information content (AvgIpc) is 2.82. The van der Waals surface area contributed by atoms with Gasteiger partial charge < -0.3 is 9.84 Å². The molecule has 5 heteroatoms.